The molecule has 138 valence electrons. The van der Waals surface area contributed by atoms with Crippen LogP contribution in [0.15, 0.2) is 42.5 Å². The van der Waals surface area contributed by atoms with E-state index in [2.05, 4.69) is 27.5 Å². The minimum absolute atomic E-state index is 0.0346. The van der Waals surface area contributed by atoms with Gasteiger partial charge in [-0.25, -0.2) is 8.78 Å². The smallest absolute Gasteiger partial charge is 0.243 e. The summed E-state index contributed by atoms with van der Waals surface area (Å²) in [5.41, 5.74) is 2.21. The number of carbonyl (C=O) groups excluding carboxylic acids is 1. The van der Waals surface area contributed by atoms with Gasteiger partial charge in [-0.05, 0) is 43.4 Å². The van der Waals surface area contributed by atoms with E-state index in [9.17, 15) is 13.6 Å². The number of anilines is 3. The van der Waals surface area contributed by atoms with E-state index in [1.165, 1.54) is 6.07 Å². The normalized spacial score (nSPS) is 15.0. The van der Waals surface area contributed by atoms with Crippen LogP contribution in [0, 0.1) is 11.6 Å². The highest BCUT2D eigenvalue weighted by Gasteiger charge is 2.14. The highest BCUT2D eigenvalue weighted by atomic mass is 19.2. The molecule has 0 atom stereocenters. The highest BCUT2D eigenvalue weighted by Crippen LogP contribution is 2.19. The molecular formula is C19H22F2N4O. The molecular weight excluding hydrogens is 338 g/mol. The summed E-state index contributed by atoms with van der Waals surface area (Å²) in [5.74, 6) is -2.27. The van der Waals surface area contributed by atoms with Crippen molar-refractivity contribution >= 4 is 23.0 Å². The van der Waals surface area contributed by atoms with Crippen molar-refractivity contribution in [2.75, 3.05) is 55.3 Å². The zero-order valence-corrected chi connectivity index (χ0v) is 14.6. The average Bonchev–Trinajstić information content (AvgIpc) is 2.64. The van der Waals surface area contributed by atoms with Gasteiger partial charge in [0.2, 0.25) is 5.91 Å². The van der Waals surface area contributed by atoms with E-state index in [4.69, 9.17) is 0 Å². The first kappa shape index (κ1) is 18.1. The molecule has 0 saturated carbocycles. The molecule has 0 aliphatic carbocycles. The van der Waals surface area contributed by atoms with Crippen LogP contribution in [-0.2, 0) is 4.79 Å². The summed E-state index contributed by atoms with van der Waals surface area (Å²) in [6, 6.07) is 11.2. The summed E-state index contributed by atoms with van der Waals surface area (Å²) in [4.78, 5) is 16.6. The molecule has 2 N–H and O–H groups in total. The average molecular weight is 360 g/mol. The number of amides is 1. The van der Waals surface area contributed by atoms with Crippen LogP contribution in [0.4, 0.5) is 25.8 Å². The Morgan fingerprint density at radius 2 is 1.62 bits per heavy atom. The molecule has 7 heteroatoms. The lowest BCUT2D eigenvalue weighted by molar-refractivity contribution is -0.114. The molecule has 5 nitrogen and oxygen atoms in total. The van der Waals surface area contributed by atoms with Crippen molar-refractivity contribution in [3.8, 4) is 0 Å². The number of benzene rings is 2. The molecule has 0 unspecified atom stereocenters. The second kappa shape index (κ2) is 8.14. The monoisotopic (exact) mass is 360 g/mol. The first-order chi connectivity index (χ1) is 12.5. The molecule has 1 aliphatic rings. The lowest BCUT2D eigenvalue weighted by Crippen LogP contribution is -2.44. The van der Waals surface area contributed by atoms with Gasteiger partial charge < -0.3 is 20.4 Å². The lowest BCUT2D eigenvalue weighted by atomic mass is 10.2. The number of likely N-dealkylation sites (N-methyl/N-ethyl adjacent to an activating group) is 1. The third-order valence-electron chi connectivity index (χ3n) is 4.39. The van der Waals surface area contributed by atoms with Crippen LogP contribution in [0.2, 0.25) is 0 Å². The first-order valence-corrected chi connectivity index (χ1v) is 8.53. The standard InChI is InChI=1S/C19H22F2N4O/c1-24-8-10-25(11-9-24)16-5-2-14(3-6-16)22-13-19(26)23-15-4-7-17(20)18(21)12-15/h2-7,12,22H,8-11,13H2,1H3,(H,23,26). The maximum absolute atomic E-state index is 13.1. The molecule has 1 aliphatic heterocycles. The number of halogens is 2. The largest absolute Gasteiger partial charge is 0.376 e. The predicted molar refractivity (Wildman–Crippen MR) is 99.6 cm³/mol. The van der Waals surface area contributed by atoms with E-state index in [-0.39, 0.29) is 18.1 Å². The molecule has 0 radical (unpaired) electrons. The minimum atomic E-state index is -0.991. The van der Waals surface area contributed by atoms with Crippen LogP contribution in [0.25, 0.3) is 0 Å². The Bertz CT molecular complexity index is 759. The van der Waals surface area contributed by atoms with E-state index in [0.717, 1.165) is 49.7 Å². The van der Waals surface area contributed by atoms with Gasteiger partial charge >= 0.3 is 0 Å². The number of hydrogen-bond acceptors (Lipinski definition) is 4. The first-order valence-electron chi connectivity index (χ1n) is 8.53. The third-order valence-corrected chi connectivity index (χ3v) is 4.39. The molecule has 1 amide bonds. The maximum Gasteiger partial charge on any atom is 0.243 e. The predicted octanol–water partition coefficient (Wildman–Crippen LogP) is 2.77. The van der Waals surface area contributed by atoms with E-state index < -0.39 is 11.6 Å². The van der Waals surface area contributed by atoms with Gasteiger partial charge in [-0.1, -0.05) is 0 Å². The summed E-state index contributed by atoms with van der Waals surface area (Å²) >= 11 is 0. The van der Waals surface area contributed by atoms with Crippen LogP contribution >= 0.6 is 0 Å². The van der Waals surface area contributed by atoms with Gasteiger partial charge in [0.25, 0.3) is 0 Å². The summed E-state index contributed by atoms with van der Waals surface area (Å²) < 4.78 is 26.0. The van der Waals surface area contributed by atoms with Crippen LogP contribution in [0.1, 0.15) is 0 Å². The number of nitrogens with zero attached hydrogens (tertiary/aromatic N) is 2. The zero-order valence-electron chi connectivity index (χ0n) is 14.6. The maximum atomic E-state index is 13.1. The molecule has 1 saturated heterocycles. The molecule has 0 aromatic heterocycles. The zero-order chi connectivity index (χ0) is 18.5. The number of nitrogens with one attached hydrogen (secondary N) is 2. The van der Waals surface area contributed by atoms with Crippen molar-refractivity contribution in [1.82, 2.24) is 4.90 Å². The fourth-order valence-electron chi connectivity index (χ4n) is 2.82. The Balaban J connectivity index is 1.49. The van der Waals surface area contributed by atoms with Crippen molar-refractivity contribution < 1.29 is 13.6 Å². The Morgan fingerprint density at radius 1 is 0.962 bits per heavy atom. The topological polar surface area (TPSA) is 47.6 Å². The molecule has 1 fully saturated rings. The minimum Gasteiger partial charge on any atom is -0.376 e. The van der Waals surface area contributed by atoms with Gasteiger partial charge in [-0.3, -0.25) is 4.79 Å². The van der Waals surface area contributed by atoms with Crippen LogP contribution in [0.3, 0.4) is 0 Å². The lowest BCUT2D eigenvalue weighted by Gasteiger charge is -2.34. The fraction of sp³-hybridized carbons (Fsp3) is 0.316. The fourth-order valence-corrected chi connectivity index (χ4v) is 2.82. The Morgan fingerprint density at radius 3 is 2.27 bits per heavy atom. The van der Waals surface area contributed by atoms with Crippen molar-refractivity contribution in [3.05, 3.63) is 54.1 Å². The van der Waals surface area contributed by atoms with E-state index in [1.54, 1.807) is 0 Å². The number of carbonyl (C=O) groups is 1. The van der Waals surface area contributed by atoms with Gasteiger partial charge in [0.15, 0.2) is 11.6 Å². The second-order valence-electron chi connectivity index (χ2n) is 6.37. The molecule has 3 rings (SSSR count). The summed E-state index contributed by atoms with van der Waals surface area (Å²) in [5, 5.41) is 5.55. The van der Waals surface area contributed by atoms with Crippen molar-refractivity contribution in [1.29, 1.82) is 0 Å². The molecule has 0 spiro atoms. The molecule has 26 heavy (non-hydrogen) atoms. The number of piperazine rings is 1. The summed E-state index contributed by atoms with van der Waals surface area (Å²) in [6.45, 7) is 4.13. The van der Waals surface area contributed by atoms with Gasteiger partial charge in [0.1, 0.15) is 0 Å². The van der Waals surface area contributed by atoms with E-state index >= 15 is 0 Å². The Hall–Kier alpha value is -2.67. The second-order valence-corrected chi connectivity index (χ2v) is 6.37. The van der Waals surface area contributed by atoms with Crippen molar-refractivity contribution in [3.63, 3.8) is 0 Å². The van der Waals surface area contributed by atoms with Gasteiger partial charge in [-0.2, -0.15) is 0 Å². The molecule has 0 bridgehead atoms. The number of rotatable bonds is 5. The third kappa shape index (κ3) is 4.70. The van der Waals surface area contributed by atoms with Crippen LogP contribution < -0.4 is 15.5 Å². The van der Waals surface area contributed by atoms with E-state index in [0.29, 0.717) is 0 Å². The molecule has 1 heterocycles. The van der Waals surface area contributed by atoms with Crippen LogP contribution in [-0.4, -0.2) is 50.6 Å². The van der Waals surface area contributed by atoms with Crippen LogP contribution in [0.5, 0.6) is 0 Å². The van der Waals surface area contributed by atoms with Gasteiger partial charge in [0.05, 0.1) is 6.54 Å². The molecule has 2 aromatic carbocycles. The Labute approximate surface area is 151 Å². The number of hydrogen-bond donors (Lipinski definition) is 2. The van der Waals surface area contributed by atoms with Gasteiger partial charge in [-0.15, -0.1) is 0 Å². The summed E-state index contributed by atoms with van der Waals surface area (Å²) in [6.07, 6.45) is 0. The van der Waals surface area contributed by atoms with Crippen molar-refractivity contribution in [2.24, 2.45) is 0 Å². The Kier molecular flexibility index (Phi) is 5.68. The molecule has 2 aromatic rings. The van der Waals surface area contributed by atoms with E-state index in [1.807, 2.05) is 24.3 Å². The quantitative estimate of drug-likeness (QED) is 0.861. The highest BCUT2D eigenvalue weighted by molar-refractivity contribution is 5.93. The summed E-state index contributed by atoms with van der Waals surface area (Å²) in [7, 11) is 2.12. The van der Waals surface area contributed by atoms with Gasteiger partial charge in [0, 0.05) is 49.3 Å². The SMILES string of the molecule is CN1CCN(c2ccc(NCC(=O)Nc3ccc(F)c(F)c3)cc2)CC1. The van der Waals surface area contributed by atoms with Crippen molar-refractivity contribution in [2.45, 2.75) is 0 Å².